The molecule has 0 radical (unpaired) electrons. The molecule has 0 spiro atoms. The summed E-state index contributed by atoms with van der Waals surface area (Å²) in [6.45, 7) is 7.51. The molecule has 0 aliphatic rings. The Hall–Kier alpha value is -2.31. The van der Waals surface area contributed by atoms with Gasteiger partial charge in [0, 0.05) is 12.1 Å². The third-order valence-electron chi connectivity index (χ3n) is 3.15. The van der Waals surface area contributed by atoms with Crippen molar-refractivity contribution in [3.8, 4) is 5.75 Å². The number of esters is 1. The van der Waals surface area contributed by atoms with Crippen molar-refractivity contribution in [1.82, 2.24) is 5.32 Å². The number of methoxy groups -OCH3 is 1. The van der Waals surface area contributed by atoms with Gasteiger partial charge in [0.05, 0.1) is 13.7 Å². The molecule has 0 fully saturated rings. The van der Waals surface area contributed by atoms with Gasteiger partial charge in [-0.25, -0.2) is 14.0 Å². The average Bonchev–Trinajstić information content (AvgIpc) is 2.49. The van der Waals surface area contributed by atoms with E-state index < -0.39 is 23.5 Å². The first-order valence-electron chi connectivity index (χ1n) is 8.12. The largest absolute Gasteiger partial charge is 0.493 e. The monoisotopic (exact) mass is 355 g/mol. The van der Waals surface area contributed by atoms with Gasteiger partial charge >= 0.3 is 12.1 Å². The van der Waals surface area contributed by atoms with E-state index >= 15 is 0 Å². The SMILES string of the molecule is COC(=O)c1ccc(F)cc1OCCC[C@@H](C)NC(=O)OC(C)(C)C. The molecule has 0 saturated carbocycles. The Labute approximate surface area is 147 Å². The van der Waals surface area contributed by atoms with Crippen LogP contribution in [0.4, 0.5) is 9.18 Å². The molecule has 140 valence electrons. The molecule has 1 aromatic rings. The Kier molecular flexibility index (Phi) is 7.67. The number of amides is 1. The lowest BCUT2D eigenvalue weighted by atomic mass is 10.2. The number of carbonyl (C=O) groups is 2. The zero-order chi connectivity index (χ0) is 19.0. The molecule has 0 aromatic heterocycles. The van der Waals surface area contributed by atoms with Crippen LogP contribution in [0.2, 0.25) is 0 Å². The van der Waals surface area contributed by atoms with E-state index in [0.717, 1.165) is 6.07 Å². The van der Waals surface area contributed by atoms with Gasteiger partial charge in [0.15, 0.2) is 0 Å². The van der Waals surface area contributed by atoms with E-state index in [-0.39, 0.29) is 24.0 Å². The predicted octanol–water partition coefficient (Wildman–Crippen LogP) is 3.68. The highest BCUT2D eigenvalue weighted by Gasteiger charge is 2.18. The number of nitrogens with one attached hydrogen (secondary N) is 1. The molecule has 0 heterocycles. The van der Waals surface area contributed by atoms with Crippen LogP contribution in [-0.4, -0.2) is 37.4 Å². The van der Waals surface area contributed by atoms with Crippen LogP contribution >= 0.6 is 0 Å². The van der Waals surface area contributed by atoms with Crippen molar-refractivity contribution >= 4 is 12.1 Å². The van der Waals surface area contributed by atoms with Gasteiger partial charge in [-0.15, -0.1) is 0 Å². The van der Waals surface area contributed by atoms with Crippen molar-refractivity contribution in [2.24, 2.45) is 0 Å². The van der Waals surface area contributed by atoms with Crippen LogP contribution in [0, 0.1) is 5.82 Å². The molecule has 1 rings (SSSR count). The Morgan fingerprint density at radius 1 is 1.28 bits per heavy atom. The Morgan fingerprint density at radius 3 is 2.56 bits per heavy atom. The highest BCUT2D eigenvalue weighted by atomic mass is 19.1. The molecule has 0 aliphatic carbocycles. The number of halogens is 1. The number of alkyl carbamates (subject to hydrolysis) is 1. The fourth-order valence-corrected chi connectivity index (χ4v) is 2.05. The van der Waals surface area contributed by atoms with E-state index in [1.165, 1.54) is 19.2 Å². The predicted molar refractivity (Wildman–Crippen MR) is 91.3 cm³/mol. The van der Waals surface area contributed by atoms with Gasteiger partial charge in [-0.1, -0.05) is 0 Å². The second kappa shape index (κ2) is 9.25. The minimum Gasteiger partial charge on any atom is -0.493 e. The zero-order valence-corrected chi connectivity index (χ0v) is 15.3. The molecular formula is C18H26FNO5. The van der Waals surface area contributed by atoms with Crippen LogP contribution in [-0.2, 0) is 9.47 Å². The third-order valence-corrected chi connectivity index (χ3v) is 3.15. The molecule has 1 aromatic carbocycles. The fraction of sp³-hybridized carbons (Fsp3) is 0.556. The standard InChI is InChI=1S/C18H26FNO5/c1-12(20-17(22)25-18(2,3)4)7-6-10-24-15-11-13(19)8-9-14(15)16(21)23-5/h8-9,11-12H,6-7,10H2,1-5H3,(H,20,22)/t12-/m1/s1. The van der Waals surface area contributed by atoms with E-state index in [9.17, 15) is 14.0 Å². The average molecular weight is 355 g/mol. The van der Waals surface area contributed by atoms with Crippen LogP contribution in [0.1, 0.15) is 50.9 Å². The summed E-state index contributed by atoms with van der Waals surface area (Å²) in [4.78, 5) is 23.3. The van der Waals surface area contributed by atoms with Crippen molar-refractivity contribution in [3.63, 3.8) is 0 Å². The molecule has 1 atom stereocenters. The summed E-state index contributed by atoms with van der Waals surface area (Å²) in [5.74, 6) is -0.947. The molecule has 1 amide bonds. The van der Waals surface area contributed by atoms with Crippen LogP contribution < -0.4 is 10.1 Å². The Bertz CT molecular complexity index is 598. The first-order valence-corrected chi connectivity index (χ1v) is 8.12. The second-order valence-electron chi connectivity index (χ2n) is 6.67. The lowest BCUT2D eigenvalue weighted by Crippen LogP contribution is -2.37. The molecule has 6 nitrogen and oxygen atoms in total. The van der Waals surface area contributed by atoms with Crippen LogP contribution in [0.5, 0.6) is 5.75 Å². The summed E-state index contributed by atoms with van der Waals surface area (Å²) in [6, 6.07) is 3.54. The molecule has 7 heteroatoms. The summed E-state index contributed by atoms with van der Waals surface area (Å²) < 4.78 is 28.6. The highest BCUT2D eigenvalue weighted by Crippen LogP contribution is 2.21. The molecule has 0 unspecified atom stereocenters. The minimum atomic E-state index is -0.588. The number of rotatable bonds is 7. The topological polar surface area (TPSA) is 73.9 Å². The quantitative estimate of drug-likeness (QED) is 0.596. The van der Waals surface area contributed by atoms with E-state index in [1.54, 1.807) is 20.8 Å². The van der Waals surface area contributed by atoms with E-state index in [0.29, 0.717) is 12.8 Å². The highest BCUT2D eigenvalue weighted by molar-refractivity contribution is 5.92. The third kappa shape index (κ3) is 7.87. The van der Waals surface area contributed by atoms with Crippen LogP contribution in [0.25, 0.3) is 0 Å². The number of ether oxygens (including phenoxy) is 3. The molecular weight excluding hydrogens is 329 g/mol. The summed E-state index contributed by atoms with van der Waals surface area (Å²) in [6.07, 6.45) is 0.773. The van der Waals surface area contributed by atoms with Gasteiger partial charge in [-0.3, -0.25) is 0 Å². The zero-order valence-electron chi connectivity index (χ0n) is 15.3. The lowest BCUT2D eigenvalue weighted by molar-refractivity contribution is 0.0503. The number of hydrogen-bond acceptors (Lipinski definition) is 5. The van der Waals surface area contributed by atoms with Crippen LogP contribution in [0.3, 0.4) is 0 Å². The summed E-state index contributed by atoms with van der Waals surface area (Å²) in [7, 11) is 1.25. The maximum atomic E-state index is 13.3. The fourth-order valence-electron chi connectivity index (χ4n) is 2.05. The maximum absolute atomic E-state index is 13.3. The van der Waals surface area contributed by atoms with Gasteiger partial charge < -0.3 is 19.5 Å². The maximum Gasteiger partial charge on any atom is 0.407 e. The van der Waals surface area contributed by atoms with Gasteiger partial charge in [0.25, 0.3) is 0 Å². The summed E-state index contributed by atoms with van der Waals surface area (Å²) in [5.41, 5.74) is -0.377. The van der Waals surface area contributed by atoms with Gasteiger partial charge in [0.2, 0.25) is 0 Å². The summed E-state index contributed by atoms with van der Waals surface area (Å²) >= 11 is 0. The first kappa shape index (κ1) is 20.7. The normalized spacial score (nSPS) is 12.2. The van der Waals surface area contributed by atoms with Crippen molar-refractivity contribution in [3.05, 3.63) is 29.6 Å². The molecule has 1 N–H and O–H groups in total. The molecule has 25 heavy (non-hydrogen) atoms. The molecule has 0 aliphatic heterocycles. The molecule has 0 bridgehead atoms. The van der Waals surface area contributed by atoms with Crippen molar-refractivity contribution in [1.29, 1.82) is 0 Å². The van der Waals surface area contributed by atoms with E-state index in [1.807, 2.05) is 6.92 Å². The summed E-state index contributed by atoms with van der Waals surface area (Å²) in [5, 5.41) is 2.73. The smallest absolute Gasteiger partial charge is 0.407 e. The van der Waals surface area contributed by atoms with E-state index in [2.05, 4.69) is 10.1 Å². The van der Waals surface area contributed by atoms with E-state index in [4.69, 9.17) is 9.47 Å². The number of carbonyl (C=O) groups excluding carboxylic acids is 2. The van der Waals surface area contributed by atoms with Crippen molar-refractivity contribution < 1.29 is 28.2 Å². The van der Waals surface area contributed by atoms with Gasteiger partial charge in [-0.2, -0.15) is 0 Å². The minimum absolute atomic E-state index is 0.106. The second-order valence-corrected chi connectivity index (χ2v) is 6.67. The van der Waals surface area contributed by atoms with Gasteiger partial charge in [0.1, 0.15) is 22.7 Å². The Morgan fingerprint density at radius 2 is 1.96 bits per heavy atom. The van der Waals surface area contributed by atoms with Crippen molar-refractivity contribution in [2.45, 2.75) is 52.2 Å². The number of benzene rings is 1. The van der Waals surface area contributed by atoms with Crippen LogP contribution in [0.15, 0.2) is 18.2 Å². The number of hydrogen-bond donors (Lipinski definition) is 1. The van der Waals surface area contributed by atoms with Crippen molar-refractivity contribution in [2.75, 3.05) is 13.7 Å². The molecule has 0 saturated heterocycles. The Balaban J connectivity index is 2.44. The first-order chi connectivity index (χ1) is 11.6. The lowest BCUT2D eigenvalue weighted by Gasteiger charge is -2.22. The van der Waals surface area contributed by atoms with Gasteiger partial charge in [-0.05, 0) is 52.7 Å².